The van der Waals surface area contributed by atoms with Gasteiger partial charge >= 0.3 is 0 Å². The zero-order chi connectivity index (χ0) is 10.4. The molecule has 14 heavy (non-hydrogen) atoms. The predicted molar refractivity (Wildman–Crippen MR) is 58.8 cm³/mol. The van der Waals surface area contributed by atoms with E-state index in [1.165, 1.54) is 38.5 Å². The molecule has 1 aliphatic heterocycles. The van der Waals surface area contributed by atoms with E-state index in [1.807, 2.05) is 0 Å². The second kappa shape index (κ2) is 5.84. The average Bonchev–Trinajstić information content (AvgIpc) is 2.82. The van der Waals surface area contributed by atoms with Gasteiger partial charge in [-0.2, -0.15) is 0 Å². The highest BCUT2D eigenvalue weighted by Gasteiger charge is 2.42. The van der Waals surface area contributed by atoms with Gasteiger partial charge in [0.25, 0.3) is 0 Å². The molecule has 0 N–H and O–H groups in total. The van der Waals surface area contributed by atoms with E-state index in [2.05, 4.69) is 13.5 Å². The highest BCUT2D eigenvalue weighted by Crippen LogP contribution is 2.25. The van der Waals surface area contributed by atoms with Gasteiger partial charge in [0, 0.05) is 6.20 Å². The summed E-state index contributed by atoms with van der Waals surface area (Å²) in [6.07, 6.45) is 10.4. The summed E-state index contributed by atoms with van der Waals surface area (Å²) >= 11 is 0. The number of carbonyl (C=O) groups is 1. The van der Waals surface area contributed by atoms with E-state index in [4.69, 9.17) is 0 Å². The van der Waals surface area contributed by atoms with Crippen molar-refractivity contribution in [2.75, 3.05) is 0 Å². The van der Waals surface area contributed by atoms with Gasteiger partial charge in [0.2, 0.25) is 5.91 Å². The molecule has 1 rings (SSSR count). The fraction of sp³-hybridized carbons (Fsp3) is 0.750. The van der Waals surface area contributed by atoms with Crippen molar-refractivity contribution in [3.8, 4) is 0 Å². The molecule has 0 spiro atoms. The van der Waals surface area contributed by atoms with E-state index in [-0.39, 0.29) is 11.9 Å². The van der Waals surface area contributed by atoms with Gasteiger partial charge in [0.1, 0.15) is 6.04 Å². The molecule has 1 saturated heterocycles. The Bertz CT molecular complexity index is 200. The predicted octanol–water partition coefficient (Wildman–Crippen LogP) is 3.09. The normalized spacial score (nSPS) is 19.9. The summed E-state index contributed by atoms with van der Waals surface area (Å²) in [5.74, 6) is 0.258. The van der Waals surface area contributed by atoms with Crippen LogP contribution in [0.15, 0.2) is 12.8 Å². The van der Waals surface area contributed by atoms with Crippen LogP contribution in [0.3, 0.4) is 0 Å². The van der Waals surface area contributed by atoms with Crippen molar-refractivity contribution >= 4 is 5.91 Å². The fourth-order valence-corrected chi connectivity index (χ4v) is 1.83. The molecule has 0 aromatic carbocycles. The van der Waals surface area contributed by atoms with Crippen molar-refractivity contribution in [2.45, 2.75) is 57.9 Å². The lowest BCUT2D eigenvalue weighted by atomic mass is 10.1. The molecule has 1 aliphatic rings. The minimum atomic E-state index is 0.179. The maximum Gasteiger partial charge on any atom is 0.250 e. The molecule has 0 radical (unpaired) electrons. The monoisotopic (exact) mass is 195 g/mol. The summed E-state index contributed by atoms with van der Waals surface area (Å²) in [6, 6.07) is 0.179. The lowest BCUT2D eigenvalue weighted by Gasteiger charge is -1.98. The summed E-state index contributed by atoms with van der Waals surface area (Å²) in [5, 5.41) is 0. The quantitative estimate of drug-likeness (QED) is 0.430. The summed E-state index contributed by atoms with van der Waals surface area (Å²) in [4.78, 5) is 12.8. The second-order valence-corrected chi connectivity index (χ2v) is 4.00. The van der Waals surface area contributed by atoms with E-state index >= 15 is 0 Å². The molecule has 1 atom stereocenters. The van der Waals surface area contributed by atoms with Crippen molar-refractivity contribution in [2.24, 2.45) is 0 Å². The van der Waals surface area contributed by atoms with Crippen LogP contribution in [0.5, 0.6) is 0 Å². The summed E-state index contributed by atoms with van der Waals surface area (Å²) < 4.78 is 0. The van der Waals surface area contributed by atoms with Gasteiger partial charge in [-0.25, -0.2) is 0 Å². The first-order chi connectivity index (χ1) is 6.81. The van der Waals surface area contributed by atoms with Crippen LogP contribution in [0.1, 0.15) is 51.9 Å². The molecular weight excluding hydrogens is 174 g/mol. The third kappa shape index (κ3) is 3.17. The molecule has 0 bridgehead atoms. The maximum atomic E-state index is 11.1. The minimum absolute atomic E-state index is 0.179. The Morgan fingerprint density at radius 2 is 1.93 bits per heavy atom. The molecule has 2 heteroatoms. The van der Waals surface area contributed by atoms with Gasteiger partial charge in [-0.1, -0.05) is 52.0 Å². The summed E-state index contributed by atoms with van der Waals surface area (Å²) in [5.41, 5.74) is 0. The van der Waals surface area contributed by atoms with Gasteiger partial charge in [-0.3, -0.25) is 4.79 Å². The standard InChI is InChI=1S/C12H21NO/c1-3-5-6-7-8-9-10-11-12(14)13(11)4-2/h4,11H,2-3,5-10H2,1H3. The lowest BCUT2D eigenvalue weighted by Crippen LogP contribution is -1.92. The Morgan fingerprint density at radius 1 is 1.29 bits per heavy atom. The van der Waals surface area contributed by atoms with E-state index in [1.54, 1.807) is 11.1 Å². The van der Waals surface area contributed by atoms with Gasteiger partial charge < -0.3 is 4.90 Å². The highest BCUT2D eigenvalue weighted by molar-refractivity contribution is 5.97. The topological polar surface area (TPSA) is 20.1 Å². The Kier molecular flexibility index (Phi) is 4.71. The van der Waals surface area contributed by atoms with E-state index in [0.717, 1.165) is 6.42 Å². The van der Waals surface area contributed by atoms with Gasteiger partial charge in [-0.05, 0) is 6.42 Å². The zero-order valence-corrected chi connectivity index (χ0v) is 9.17. The molecule has 0 aromatic heterocycles. The number of carbonyl (C=O) groups excluding carboxylic acids is 1. The maximum absolute atomic E-state index is 11.1. The lowest BCUT2D eigenvalue weighted by molar-refractivity contribution is -0.113. The van der Waals surface area contributed by atoms with Crippen LogP contribution in [0.2, 0.25) is 0 Å². The van der Waals surface area contributed by atoms with Crippen LogP contribution in [-0.4, -0.2) is 16.8 Å². The first-order valence-electron chi connectivity index (χ1n) is 5.76. The molecule has 80 valence electrons. The summed E-state index contributed by atoms with van der Waals surface area (Å²) in [7, 11) is 0. The molecular formula is C12H21NO. The van der Waals surface area contributed by atoms with Gasteiger partial charge in [-0.15, -0.1) is 0 Å². The van der Waals surface area contributed by atoms with Crippen LogP contribution in [0.4, 0.5) is 0 Å². The molecule has 2 nitrogen and oxygen atoms in total. The van der Waals surface area contributed by atoms with E-state index in [0.29, 0.717) is 0 Å². The summed E-state index contributed by atoms with van der Waals surface area (Å²) in [6.45, 7) is 5.82. The first-order valence-corrected chi connectivity index (χ1v) is 5.76. The van der Waals surface area contributed by atoms with Gasteiger partial charge in [0.05, 0.1) is 0 Å². The third-order valence-corrected chi connectivity index (χ3v) is 2.84. The number of amides is 1. The van der Waals surface area contributed by atoms with Crippen LogP contribution < -0.4 is 0 Å². The van der Waals surface area contributed by atoms with Crippen LogP contribution in [-0.2, 0) is 4.79 Å². The Balaban J connectivity index is 1.90. The molecule has 1 unspecified atom stereocenters. The average molecular weight is 195 g/mol. The number of unbranched alkanes of at least 4 members (excludes halogenated alkanes) is 5. The smallest absolute Gasteiger partial charge is 0.250 e. The number of hydrogen-bond acceptors (Lipinski definition) is 1. The second-order valence-electron chi connectivity index (χ2n) is 4.00. The van der Waals surface area contributed by atoms with Crippen LogP contribution >= 0.6 is 0 Å². The number of rotatable bonds is 8. The van der Waals surface area contributed by atoms with Crippen molar-refractivity contribution in [3.63, 3.8) is 0 Å². The highest BCUT2D eigenvalue weighted by atomic mass is 16.2. The van der Waals surface area contributed by atoms with E-state index in [9.17, 15) is 4.79 Å². The first kappa shape index (κ1) is 11.3. The van der Waals surface area contributed by atoms with Gasteiger partial charge in [0.15, 0.2) is 0 Å². The van der Waals surface area contributed by atoms with Crippen LogP contribution in [0.25, 0.3) is 0 Å². The molecule has 1 amide bonds. The minimum Gasteiger partial charge on any atom is -0.305 e. The zero-order valence-electron chi connectivity index (χ0n) is 9.17. The van der Waals surface area contributed by atoms with E-state index < -0.39 is 0 Å². The molecule has 0 aliphatic carbocycles. The molecule has 0 saturated carbocycles. The SMILES string of the molecule is C=CN1C(=O)C1CCCCCCCC. The Hall–Kier alpha value is -0.790. The molecule has 1 fully saturated rings. The third-order valence-electron chi connectivity index (χ3n) is 2.84. The Morgan fingerprint density at radius 3 is 2.50 bits per heavy atom. The molecule has 0 aromatic rings. The van der Waals surface area contributed by atoms with Crippen molar-refractivity contribution in [1.29, 1.82) is 0 Å². The Labute approximate surface area is 87.0 Å². The van der Waals surface area contributed by atoms with Crippen molar-refractivity contribution in [3.05, 3.63) is 12.8 Å². The van der Waals surface area contributed by atoms with Crippen LogP contribution in [0, 0.1) is 0 Å². The fourth-order valence-electron chi connectivity index (χ4n) is 1.83. The number of nitrogens with zero attached hydrogens (tertiary/aromatic N) is 1. The number of hydrogen-bond donors (Lipinski definition) is 0. The largest absolute Gasteiger partial charge is 0.305 e. The molecule has 1 heterocycles. The van der Waals surface area contributed by atoms with Crippen molar-refractivity contribution in [1.82, 2.24) is 4.90 Å². The van der Waals surface area contributed by atoms with Crippen molar-refractivity contribution < 1.29 is 4.79 Å².